The molecule has 3 heterocycles. The molecule has 0 spiro atoms. The van der Waals surface area contributed by atoms with Gasteiger partial charge in [0.1, 0.15) is 5.82 Å². The average Bonchev–Trinajstić information content (AvgIpc) is 2.97. The Balaban J connectivity index is 1.31. The standard InChI is InChI=1S/C30H40N8O2/c1-4-32-28-26(29(39)33-14-15-37-16-18-38(19-17-37)22(2)3)11-12-27(36-28)24-7-9-25(10-8-24)35-30(40)34-21-23-6-5-13-31-20-23/h5-13,20,22H,4,14-19,21H2,1-3H3,(H,32,36)(H,33,39)(H2,34,35,40). The van der Waals surface area contributed by atoms with E-state index in [1.165, 1.54) is 0 Å². The van der Waals surface area contributed by atoms with Crippen LogP contribution in [0, 0.1) is 0 Å². The molecule has 2 aromatic heterocycles. The van der Waals surface area contributed by atoms with E-state index in [9.17, 15) is 9.59 Å². The summed E-state index contributed by atoms with van der Waals surface area (Å²) in [5.41, 5.74) is 3.74. The second kappa shape index (κ2) is 14.4. The Morgan fingerprint density at radius 2 is 1.75 bits per heavy atom. The van der Waals surface area contributed by atoms with Crippen LogP contribution >= 0.6 is 0 Å². The summed E-state index contributed by atoms with van der Waals surface area (Å²) < 4.78 is 0. The molecule has 4 N–H and O–H groups in total. The molecule has 0 saturated carbocycles. The highest BCUT2D eigenvalue weighted by Gasteiger charge is 2.19. The Morgan fingerprint density at radius 3 is 2.42 bits per heavy atom. The second-order valence-electron chi connectivity index (χ2n) is 10.1. The minimum Gasteiger partial charge on any atom is -0.370 e. The van der Waals surface area contributed by atoms with Crippen molar-refractivity contribution in [2.45, 2.75) is 33.4 Å². The van der Waals surface area contributed by atoms with Crippen LogP contribution in [0.3, 0.4) is 0 Å². The van der Waals surface area contributed by atoms with Gasteiger partial charge >= 0.3 is 6.03 Å². The number of piperazine rings is 1. The zero-order valence-corrected chi connectivity index (χ0v) is 23.6. The Labute approximate surface area is 236 Å². The van der Waals surface area contributed by atoms with E-state index in [1.54, 1.807) is 12.4 Å². The minimum absolute atomic E-state index is 0.132. The zero-order valence-electron chi connectivity index (χ0n) is 23.6. The summed E-state index contributed by atoms with van der Waals surface area (Å²) in [7, 11) is 0. The van der Waals surface area contributed by atoms with Gasteiger partial charge in [0.15, 0.2) is 0 Å². The monoisotopic (exact) mass is 544 g/mol. The SMILES string of the molecule is CCNc1nc(-c2ccc(NC(=O)NCc3cccnc3)cc2)ccc1C(=O)NCCN1CCN(C(C)C)CC1. The van der Waals surface area contributed by atoms with Crippen LogP contribution in [0.5, 0.6) is 0 Å². The molecular formula is C30H40N8O2. The van der Waals surface area contributed by atoms with E-state index in [-0.39, 0.29) is 11.9 Å². The molecule has 40 heavy (non-hydrogen) atoms. The largest absolute Gasteiger partial charge is 0.370 e. The molecule has 4 rings (SSSR count). The van der Waals surface area contributed by atoms with Gasteiger partial charge in [0.05, 0.1) is 11.3 Å². The molecule has 0 radical (unpaired) electrons. The number of anilines is 2. The molecule has 3 aromatic rings. The van der Waals surface area contributed by atoms with E-state index >= 15 is 0 Å². The summed E-state index contributed by atoms with van der Waals surface area (Å²) in [5, 5.41) is 11.9. The third kappa shape index (κ3) is 8.24. The first-order chi connectivity index (χ1) is 19.4. The van der Waals surface area contributed by atoms with Gasteiger partial charge in [-0.25, -0.2) is 9.78 Å². The van der Waals surface area contributed by atoms with Crippen molar-refractivity contribution in [1.29, 1.82) is 0 Å². The summed E-state index contributed by atoms with van der Waals surface area (Å²) in [6.45, 7) is 13.1. The average molecular weight is 545 g/mol. The van der Waals surface area contributed by atoms with Crippen LogP contribution in [0.1, 0.15) is 36.7 Å². The lowest BCUT2D eigenvalue weighted by Gasteiger charge is -2.36. The van der Waals surface area contributed by atoms with Gasteiger partial charge in [0.2, 0.25) is 0 Å². The molecular weight excluding hydrogens is 504 g/mol. The lowest BCUT2D eigenvalue weighted by Crippen LogP contribution is -2.50. The van der Waals surface area contributed by atoms with Crippen LogP contribution in [0.4, 0.5) is 16.3 Å². The fourth-order valence-corrected chi connectivity index (χ4v) is 4.62. The fraction of sp³-hybridized carbons (Fsp3) is 0.400. The summed E-state index contributed by atoms with van der Waals surface area (Å²) >= 11 is 0. The highest BCUT2D eigenvalue weighted by atomic mass is 16.2. The van der Waals surface area contributed by atoms with E-state index in [0.717, 1.165) is 49.5 Å². The summed E-state index contributed by atoms with van der Waals surface area (Å²) in [6, 6.07) is 15.1. The van der Waals surface area contributed by atoms with Crippen LogP contribution in [0.25, 0.3) is 11.3 Å². The number of carbonyl (C=O) groups excluding carboxylic acids is 2. The van der Waals surface area contributed by atoms with Crippen molar-refractivity contribution in [3.63, 3.8) is 0 Å². The van der Waals surface area contributed by atoms with E-state index in [0.29, 0.717) is 42.7 Å². The predicted octanol–water partition coefficient (Wildman–Crippen LogP) is 3.65. The predicted molar refractivity (Wildman–Crippen MR) is 159 cm³/mol. The number of urea groups is 1. The van der Waals surface area contributed by atoms with Gasteiger partial charge in [0, 0.05) is 82.0 Å². The van der Waals surface area contributed by atoms with Crippen molar-refractivity contribution in [2.75, 3.05) is 56.4 Å². The number of nitrogens with one attached hydrogen (secondary N) is 4. The first kappa shape index (κ1) is 29.0. The summed E-state index contributed by atoms with van der Waals surface area (Å²) in [5.74, 6) is 0.424. The number of carbonyl (C=O) groups is 2. The fourth-order valence-electron chi connectivity index (χ4n) is 4.62. The number of hydrogen-bond acceptors (Lipinski definition) is 7. The normalized spacial score (nSPS) is 14.1. The lowest BCUT2D eigenvalue weighted by atomic mass is 10.1. The maximum atomic E-state index is 13.0. The Hall–Kier alpha value is -4.02. The van der Waals surface area contributed by atoms with Crippen LogP contribution < -0.4 is 21.3 Å². The van der Waals surface area contributed by atoms with Crippen molar-refractivity contribution in [2.24, 2.45) is 0 Å². The van der Waals surface area contributed by atoms with E-state index in [2.05, 4.69) is 49.9 Å². The maximum Gasteiger partial charge on any atom is 0.319 e. The molecule has 10 nitrogen and oxygen atoms in total. The number of aromatic nitrogens is 2. The molecule has 0 unspecified atom stereocenters. The first-order valence-corrected chi connectivity index (χ1v) is 14.0. The van der Waals surface area contributed by atoms with Crippen molar-refractivity contribution in [1.82, 2.24) is 30.4 Å². The molecule has 1 fully saturated rings. The van der Waals surface area contributed by atoms with E-state index in [1.807, 2.05) is 55.5 Å². The molecule has 212 valence electrons. The summed E-state index contributed by atoms with van der Waals surface area (Å²) in [4.78, 5) is 38.9. The number of hydrogen-bond donors (Lipinski definition) is 4. The Kier molecular flexibility index (Phi) is 10.4. The molecule has 1 aliphatic heterocycles. The smallest absolute Gasteiger partial charge is 0.319 e. The number of nitrogens with zero attached hydrogens (tertiary/aromatic N) is 4. The van der Waals surface area contributed by atoms with Gasteiger partial charge in [-0.3, -0.25) is 19.6 Å². The van der Waals surface area contributed by atoms with Crippen molar-refractivity contribution in [3.05, 3.63) is 72.1 Å². The number of pyridine rings is 2. The highest BCUT2D eigenvalue weighted by Crippen LogP contribution is 2.23. The lowest BCUT2D eigenvalue weighted by molar-refractivity contribution is 0.0921. The second-order valence-corrected chi connectivity index (χ2v) is 10.1. The van der Waals surface area contributed by atoms with Crippen molar-refractivity contribution in [3.8, 4) is 11.3 Å². The molecule has 1 aromatic carbocycles. The molecule has 3 amide bonds. The van der Waals surface area contributed by atoms with Gasteiger partial charge in [-0.2, -0.15) is 0 Å². The highest BCUT2D eigenvalue weighted by molar-refractivity contribution is 5.99. The van der Waals surface area contributed by atoms with E-state index in [4.69, 9.17) is 4.98 Å². The number of amides is 3. The minimum atomic E-state index is -0.294. The molecule has 10 heteroatoms. The summed E-state index contributed by atoms with van der Waals surface area (Å²) in [6.07, 6.45) is 3.41. The van der Waals surface area contributed by atoms with Crippen molar-refractivity contribution < 1.29 is 9.59 Å². The quantitative estimate of drug-likeness (QED) is 0.291. The van der Waals surface area contributed by atoms with Gasteiger partial charge in [0.25, 0.3) is 5.91 Å². The first-order valence-electron chi connectivity index (χ1n) is 14.0. The number of benzene rings is 1. The maximum absolute atomic E-state index is 13.0. The van der Waals surface area contributed by atoms with Gasteiger partial charge in [-0.1, -0.05) is 18.2 Å². The van der Waals surface area contributed by atoms with Crippen LogP contribution in [0.2, 0.25) is 0 Å². The third-order valence-electron chi connectivity index (χ3n) is 6.95. The van der Waals surface area contributed by atoms with Gasteiger partial charge in [-0.15, -0.1) is 0 Å². The third-order valence-corrected chi connectivity index (χ3v) is 6.95. The molecule has 0 aliphatic carbocycles. The van der Waals surface area contributed by atoms with Crippen molar-refractivity contribution >= 4 is 23.4 Å². The zero-order chi connectivity index (χ0) is 28.3. The van der Waals surface area contributed by atoms with Gasteiger partial charge in [-0.05, 0) is 56.7 Å². The topological polar surface area (TPSA) is 115 Å². The Morgan fingerprint density at radius 1 is 0.975 bits per heavy atom. The number of rotatable bonds is 11. The van der Waals surface area contributed by atoms with Crippen LogP contribution in [0.15, 0.2) is 60.9 Å². The molecule has 0 bridgehead atoms. The van der Waals surface area contributed by atoms with Crippen LogP contribution in [-0.4, -0.2) is 83.6 Å². The van der Waals surface area contributed by atoms with Gasteiger partial charge < -0.3 is 21.3 Å². The Bertz CT molecular complexity index is 1240. The molecule has 0 atom stereocenters. The molecule has 1 saturated heterocycles. The van der Waals surface area contributed by atoms with E-state index < -0.39 is 0 Å². The van der Waals surface area contributed by atoms with Crippen LogP contribution in [-0.2, 0) is 6.54 Å². The molecule has 1 aliphatic rings.